The van der Waals surface area contributed by atoms with Crippen LogP contribution in [0.25, 0.3) is 0 Å². The Bertz CT molecular complexity index is 222. The van der Waals surface area contributed by atoms with Crippen LogP contribution in [0.1, 0.15) is 32.6 Å². The standard InChI is InChI=1S/C12H25N3O/c1-10(13)12(16)15(9-8-14(2)3)11-6-4-5-7-11/h10-11H,4-9,13H2,1-3H3/t10-/m0/s1. The molecule has 1 aliphatic carbocycles. The lowest BCUT2D eigenvalue weighted by atomic mass is 10.1. The van der Waals surface area contributed by atoms with E-state index < -0.39 is 0 Å². The van der Waals surface area contributed by atoms with Crippen LogP contribution in [0.4, 0.5) is 0 Å². The maximum Gasteiger partial charge on any atom is 0.239 e. The molecule has 1 aliphatic rings. The number of amides is 1. The van der Waals surface area contributed by atoms with Crippen molar-refractivity contribution in [2.24, 2.45) is 5.73 Å². The fourth-order valence-corrected chi connectivity index (χ4v) is 2.26. The molecule has 0 aliphatic heterocycles. The van der Waals surface area contributed by atoms with Gasteiger partial charge >= 0.3 is 0 Å². The summed E-state index contributed by atoms with van der Waals surface area (Å²) in [5.41, 5.74) is 5.71. The van der Waals surface area contributed by atoms with Gasteiger partial charge in [-0.05, 0) is 33.9 Å². The fraction of sp³-hybridized carbons (Fsp3) is 0.917. The minimum Gasteiger partial charge on any atom is -0.337 e. The smallest absolute Gasteiger partial charge is 0.239 e. The van der Waals surface area contributed by atoms with Crippen molar-refractivity contribution in [1.29, 1.82) is 0 Å². The quantitative estimate of drug-likeness (QED) is 0.751. The van der Waals surface area contributed by atoms with E-state index in [1.165, 1.54) is 12.8 Å². The van der Waals surface area contributed by atoms with Gasteiger partial charge in [-0.2, -0.15) is 0 Å². The van der Waals surface area contributed by atoms with E-state index in [0.717, 1.165) is 25.9 Å². The number of hydrogen-bond acceptors (Lipinski definition) is 3. The molecule has 0 spiro atoms. The molecule has 0 radical (unpaired) electrons. The first-order valence-electron chi connectivity index (χ1n) is 6.23. The molecule has 0 bridgehead atoms. The summed E-state index contributed by atoms with van der Waals surface area (Å²) < 4.78 is 0. The molecule has 16 heavy (non-hydrogen) atoms. The highest BCUT2D eigenvalue weighted by atomic mass is 16.2. The lowest BCUT2D eigenvalue weighted by molar-refractivity contribution is -0.134. The van der Waals surface area contributed by atoms with Crippen molar-refractivity contribution in [3.8, 4) is 0 Å². The predicted octanol–water partition coefficient (Wildman–Crippen LogP) is 0.666. The lowest BCUT2D eigenvalue weighted by Gasteiger charge is -2.31. The third kappa shape index (κ3) is 3.76. The first kappa shape index (κ1) is 13.5. The summed E-state index contributed by atoms with van der Waals surface area (Å²) in [6.45, 7) is 3.49. The molecular formula is C12H25N3O. The normalized spacial score (nSPS) is 19.1. The Morgan fingerprint density at radius 1 is 1.31 bits per heavy atom. The summed E-state index contributed by atoms with van der Waals surface area (Å²) in [6, 6.07) is 0.0567. The van der Waals surface area contributed by atoms with E-state index in [4.69, 9.17) is 5.73 Å². The molecule has 1 fully saturated rings. The topological polar surface area (TPSA) is 49.6 Å². The van der Waals surface area contributed by atoms with E-state index in [0.29, 0.717) is 6.04 Å². The average Bonchev–Trinajstić information content (AvgIpc) is 2.70. The largest absolute Gasteiger partial charge is 0.337 e. The molecule has 4 heteroatoms. The highest BCUT2D eigenvalue weighted by Gasteiger charge is 2.27. The molecule has 0 aromatic rings. The molecule has 1 amide bonds. The van der Waals surface area contributed by atoms with Crippen molar-refractivity contribution in [2.45, 2.75) is 44.7 Å². The Balaban J connectivity index is 2.56. The van der Waals surface area contributed by atoms with E-state index in [9.17, 15) is 4.79 Å². The van der Waals surface area contributed by atoms with Crippen LogP contribution in [0.2, 0.25) is 0 Å². The van der Waals surface area contributed by atoms with Crippen molar-refractivity contribution >= 4 is 5.91 Å². The molecule has 94 valence electrons. The van der Waals surface area contributed by atoms with Crippen LogP contribution in [0.3, 0.4) is 0 Å². The number of nitrogens with zero attached hydrogens (tertiary/aromatic N) is 2. The first-order chi connectivity index (χ1) is 7.52. The second-order valence-corrected chi connectivity index (χ2v) is 5.06. The Morgan fingerprint density at radius 2 is 1.88 bits per heavy atom. The number of nitrogens with two attached hydrogens (primary N) is 1. The van der Waals surface area contributed by atoms with Gasteiger partial charge < -0.3 is 15.5 Å². The SMILES string of the molecule is C[C@H](N)C(=O)N(CCN(C)C)C1CCCC1. The van der Waals surface area contributed by atoms with Crippen molar-refractivity contribution in [1.82, 2.24) is 9.80 Å². The number of rotatable bonds is 5. The molecule has 0 unspecified atom stereocenters. The average molecular weight is 227 g/mol. The molecule has 1 atom stereocenters. The minimum atomic E-state index is -0.372. The summed E-state index contributed by atoms with van der Waals surface area (Å²) in [4.78, 5) is 16.1. The van der Waals surface area contributed by atoms with Crippen LogP contribution < -0.4 is 5.73 Å². The Hall–Kier alpha value is -0.610. The van der Waals surface area contributed by atoms with Crippen molar-refractivity contribution in [2.75, 3.05) is 27.2 Å². The van der Waals surface area contributed by atoms with Gasteiger partial charge in [0.2, 0.25) is 5.91 Å². The van der Waals surface area contributed by atoms with Gasteiger partial charge in [0.1, 0.15) is 0 Å². The second-order valence-electron chi connectivity index (χ2n) is 5.06. The van der Waals surface area contributed by atoms with Gasteiger partial charge in [-0.1, -0.05) is 12.8 Å². The molecular weight excluding hydrogens is 202 g/mol. The molecule has 0 aromatic carbocycles. The van der Waals surface area contributed by atoms with Gasteiger partial charge in [0.15, 0.2) is 0 Å². The van der Waals surface area contributed by atoms with Gasteiger partial charge in [0.25, 0.3) is 0 Å². The molecule has 1 rings (SSSR count). The molecule has 1 saturated carbocycles. The molecule has 2 N–H and O–H groups in total. The summed E-state index contributed by atoms with van der Waals surface area (Å²) >= 11 is 0. The Labute approximate surface area is 98.8 Å². The van der Waals surface area contributed by atoms with E-state index >= 15 is 0 Å². The monoisotopic (exact) mass is 227 g/mol. The molecule has 0 saturated heterocycles. The third-order valence-corrected chi connectivity index (χ3v) is 3.23. The van der Waals surface area contributed by atoms with Gasteiger partial charge in [-0.15, -0.1) is 0 Å². The summed E-state index contributed by atoms with van der Waals surface area (Å²) in [7, 11) is 4.06. The van der Waals surface area contributed by atoms with Crippen molar-refractivity contribution in [3.05, 3.63) is 0 Å². The molecule has 0 aromatic heterocycles. The van der Waals surface area contributed by atoms with Crippen molar-refractivity contribution in [3.63, 3.8) is 0 Å². The van der Waals surface area contributed by atoms with Crippen LogP contribution in [0, 0.1) is 0 Å². The fourth-order valence-electron chi connectivity index (χ4n) is 2.26. The summed E-state index contributed by atoms with van der Waals surface area (Å²) in [5.74, 6) is 0.105. The maximum atomic E-state index is 12.0. The van der Waals surface area contributed by atoms with E-state index in [2.05, 4.69) is 4.90 Å². The predicted molar refractivity (Wildman–Crippen MR) is 66.2 cm³/mol. The number of likely N-dealkylation sites (N-methyl/N-ethyl adjacent to an activating group) is 1. The lowest BCUT2D eigenvalue weighted by Crippen LogP contribution is -2.49. The summed E-state index contributed by atoms with van der Waals surface area (Å²) in [5, 5.41) is 0. The van der Waals surface area contributed by atoms with Crippen LogP contribution in [0.15, 0.2) is 0 Å². The van der Waals surface area contributed by atoms with Crippen molar-refractivity contribution < 1.29 is 4.79 Å². The maximum absolute atomic E-state index is 12.0. The number of carbonyl (C=O) groups excluding carboxylic acids is 1. The van der Waals surface area contributed by atoms with Crippen LogP contribution in [-0.2, 0) is 4.79 Å². The third-order valence-electron chi connectivity index (χ3n) is 3.23. The highest BCUT2D eigenvalue weighted by Crippen LogP contribution is 2.23. The van der Waals surface area contributed by atoms with Gasteiger partial charge in [-0.3, -0.25) is 4.79 Å². The van der Waals surface area contributed by atoms with E-state index in [1.807, 2.05) is 19.0 Å². The zero-order chi connectivity index (χ0) is 12.1. The van der Waals surface area contributed by atoms with Gasteiger partial charge in [0, 0.05) is 19.1 Å². The minimum absolute atomic E-state index is 0.105. The van der Waals surface area contributed by atoms with Gasteiger partial charge in [-0.25, -0.2) is 0 Å². The Morgan fingerprint density at radius 3 is 2.31 bits per heavy atom. The van der Waals surface area contributed by atoms with Crippen LogP contribution in [-0.4, -0.2) is 55.0 Å². The summed E-state index contributed by atoms with van der Waals surface area (Å²) in [6.07, 6.45) is 4.78. The van der Waals surface area contributed by atoms with Crippen LogP contribution in [0.5, 0.6) is 0 Å². The zero-order valence-corrected chi connectivity index (χ0v) is 10.8. The highest BCUT2D eigenvalue weighted by molar-refractivity contribution is 5.81. The zero-order valence-electron chi connectivity index (χ0n) is 10.8. The Kier molecular flexibility index (Phi) is 5.22. The van der Waals surface area contributed by atoms with E-state index in [1.54, 1.807) is 6.92 Å². The van der Waals surface area contributed by atoms with E-state index in [-0.39, 0.29) is 11.9 Å². The second kappa shape index (κ2) is 6.21. The first-order valence-corrected chi connectivity index (χ1v) is 6.23. The molecule has 0 heterocycles. The van der Waals surface area contributed by atoms with Gasteiger partial charge in [0.05, 0.1) is 6.04 Å². The number of hydrogen-bond donors (Lipinski definition) is 1. The number of carbonyl (C=O) groups is 1. The molecule has 4 nitrogen and oxygen atoms in total. The van der Waals surface area contributed by atoms with Crippen LogP contribution >= 0.6 is 0 Å².